The lowest BCUT2D eigenvalue weighted by atomic mass is 10.2. The maximum atomic E-state index is 11.1. The van der Waals surface area contributed by atoms with E-state index in [2.05, 4.69) is 17.2 Å². The van der Waals surface area contributed by atoms with Crippen LogP contribution in [-0.2, 0) is 4.74 Å². The Balaban J connectivity index is 0.000000239. The first kappa shape index (κ1) is 13.6. The molecular formula is C13H20N2O2. The van der Waals surface area contributed by atoms with Crippen molar-refractivity contribution in [3.05, 3.63) is 29.6 Å². The van der Waals surface area contributed by atoms with Crippen LogP contribution in [-0.4, -0.2) is 30.1 Å². The summed E-state index contributed by atoms with van der Waals surface area (Å²) in [7, 11) is 0. The molecule has 0 bridgehead atoms. The lowest BCUT2D eigenvalue weighted by Gasteiger charge is -2.00. The van der Waals surface area contributed by atoms with E-state index in [0.29, 0.717) is 12.2 Å². The molecule has 1 fully saturated rings. The molecule has 1 N–H and O–H groups in total. The fourth-order valence-corrected chi connectivity index (χ4v) is 1.17. The van der Waals surface area contributed by atoms with Gasteiger partial charge in [-0.3, -0.25) is 4.98 Å². The molecule has 1 aliphatic rings. The molecule has 1 atom stereocenters. The van der Waals surface area contributed by atoms with Gasteiger partial charge in [0.05, 0.1) is 12.2 Å². The molecule has 0 aliphatic carbocycles. The molecule has 1 aromatic rings. The summed E-state index contributed by atoms with van der Waals surface area (Å²) in [6.45, 7) is 7.50. The highest BCUT2D eigenvalue weighted by Gasteiger charge is 2.15. The zero-order valence-corrected chi connectivity index (χ0v) is 10.7. The summed E-state index contributed by atoms with van der Waals surface area (Å²) < 4.78 is 4.79. The molecule has 0 aromatic carbocycles. The van der Waals surface area contributed by atoms with Crippen molar-refractivity contribution in [1.82, 2.24) is 10.3 Å². The largest absolute Gasteiger partial charge is 0.462 e. The number of rotatable bonds is 3. The van der Waals surface area contributed by atoms with Crippen LogP contribution >= 0.6 is 0 Å². The van der Waals surface area contributed by atoms with Crippen LogP contribution < -0.4 is 5.32 Å². The summed E-state index contributed by atoms with van der Waals surface area (Å²) in [5.41, 5.74) is 1.39. The van der Waals surface area contributed by atoms with Gasteiger partial charge in [-0.15, -0.1) is 0 Å². The summed E-state index contributed by atoms with van der Waals surface area (Å²) >= 11 is 0. The molecule has 2 rings (SSSR count). The van der Waals surface area contributed by atoms with Gasteiger partial charge in [0.15, 0.2) is 0 Å². The van der Waals surface area contributed by atoms with Crippen LogP contribution in [0.15, 0.2) is 18.3 Å². The van der Waals surface area contributed by atoms with Crippen molar-refractivity contribution in [2.24, 2.45) is 0 Å². The number of hydrogen-bond donors (Lipinski definition) is 1. The van der Waals surface area contributed by atoms with Crippen molar-refractivity contribution >= 4 is 5.97 Å². The maximum absolute atomic E-state index is 11.1. The number of aryl methyl sites for hydroxylation is 1. The second-order valence-electron chi connectivity index (χ2n) is 3.92. The minimum atomic E-state index is -0.315. The van der Waals surface area contributed by atoms with Crippen LogP contribution in [0.4, 0.5) is 0 Å². The first-order valence-electron chi connectivity index (χ1n) is 6.00. The molecule has 4 nitrogen and oxygen atoms in total. The van der Waals surface area contributed by atoms with Gasteiger partial charge in [0, 0.05) is 24.5 Å². The van der Waals surface area contributed by atoms with E-state index in [-0.39, 0.29) is 5.97 Å². The van der Waals surface area contributed by atoms with Crippen molar-refractivity contribution in [1.29, 1.82) is 0 Å². The average Bonchev–Trinajstić information content (AvgIpc) is 3.14. The van der Waals surface area contributed by atoms with E-state index in [1.54, 1.807) is 19.1 Å². The normalized spacial score (nSPS) is 16.8. The third-order valence-corrected chi connectivity index (χ3v) is 2.41. The van der Waals surface area contributed by atoms with Crippen LogP contribution in [0.5, 0.6) is 0 Å². The summed E-state index contributed by atoms with van der Waals surface area (Å²) in [6.07, 6.45) is 2.83. The Labute approximate surface area is 102 Å². The highest BCUT2D eigenvalue weighted by Crippen LogP contribution is 2.01. The minimum Gasteiger partial charge on any atom is -0.462 e. The fraction of sp³-hybridized carbons (Fsp3) is 0.538. The topological polar surface area (TPSA) is 61.1 Å². The Morgan fingerprint density at radius 1 is 1.53 bits per heavy atom. The van der Waals surface area contributed by atoms with Gasteiger partial charge < -0.3 is 10.1 Å². The predicted molar refractivity (Wildman–Crippen MR) is 67.0 cm³/mol. The molecule has 1 unspecified atom stereocenters. The lowest BCUT2D eigenvalue weighted by Crippen LogP contribution is -2.04. The lowest BCUT2D eigenvalue weighted by molar-refractivity contribution is 0.0526. The van der Waals surface area contributed by atoms with Gasteiger partial charge >= 0.3 is 5.97 Å². The number of carbonyl (C=O) groups excluding carboxylic acids is 1. The third kappa shape index (κ3) is 5.45. The number of esters is 1. The van der Waals surface area contributed by atoms with Gasteiger partial charge in [-0.2, -0.15) is 0 Å². The Morgan fingerprint density at radius 3 is 2.59 bits per heavy atom. The van der Waals surface area contributed by atoms with Gasteiger partial charge in [0.2, 0.25) is 0 Å². The Hall–Kier alpha value is -1.42. The van der Waals surface area contributed by atoms with Crippen molar-refractivity contribution < 1.29 is 9.53 Å². The van der Waals surface area contributed by atoms with Gasteiger partial charge in [-0.25, -0.2) is 4.79 Å². The molecule has 17 heavy (non-hydrogen) atoms. The zero-order chi connectivity index (χ0) is 12.7. The number of hydrogen-bond acceptors (Lipinski definition) is 4. The molecule has 0 amide bonds. The molecule has 1 aromatic heterocycles. The summed E-state index contributed by atoms with van der Waals surface area (Å²) in [5, 5.41) is 3.18. The van der Waals surface area contributed by atoms with E-state index in [4.69, 9.17) is 4.74 Å². The minimum absolute atomic E-state index is 0.315. The Morgan fingerprint density at radius 2 is 2.24 bits per heavy atom. The zero-order valence-electron chi connectivity index (χ0n) is 10.7. The highest BCUT2D eigenvalue weighted by molar-refractivity contribution is 5.88. The first-order chi connectivity index (χ1) is 8.17. The number of ether oxygens (including phenoxy) is 1. The quantitative estimate of drug-likeness (QED) is 0.643. The molecule has 2 heterocycles. The summed E-state index contributed by atoms with van der Waals surface area (Å²) in [5.74, 6) is -0.315. The van der Waals surface area contributed by atoms with Crippen LogP contribution in [0.25, 0.3) is 0 Å². The van der Waals surface area contributed by atoms with Gasteiger partial charge in [0.1, 0.15) is 0 Å². The number of pyridine rings is 1. The Kier molecular flexibility index (Phi) is 5.63. The van der Waals surface area contributed by atoms with Crippen LogP contribution in [0, 0.1) is 6.92 Å². The molecule has 94 valence electrons. The first-order valence-corrected chi connectivity index (χ1v) is 6.00. The van der Waals surface area contributed by atoms with Crippen molar-refractivity contribution in [3.8, 4) is 0 Å². The SMILES string of the molecule is CCC1CN1.CCOC(=O)c1ccc(C)nc1. The fourth-order valence-electron chi connectivity index (χ4n) is 1.17. The third-order valence-electron chi connectivity index (χ3n) is 2.41. The van der Waals surface area contributed by atoms with Crippen LogP contribution in [0.3, 0.4) is 0 Å². The molecule has 1 aliphatic heterocycles. The van der Waals surface area contributed by atoms with Gasteiger partial charge in [0.25, 0.3) is 0 Å². The van der Waals surface area contributed by atoms with E-state index in [0.717, 1.165) is 11.7 Å². The second kappa shape index (κ2) is 7.01. The number of carbonyl (C=O) groups is 1. The van der Waals surface area contributed by atoms with E-state index in [1.165, 1.54) is 19.2 Å². The molecule has 0 spiro atoms. The summed E-state index contributed by atoms with van der Waals surface area (Å²) in [4.78, 5) is 15.1. The van der Waals surface area contributed by atoms with E-state index in [1.807, 2.05) is 6.92 Å². The molecule has 0 saturated carbocycles. The standard InChI is InChI=1S/C9H11NO2.C4H9N/c1-3-12-9(11)8-5-4-7(2)10-6-8;1-2-4-3-5-4/h4-6H,3H2,1-2H3;4-5H,2-3H2,1H3. The molecule has 4 heteroatoms. The molecule has 1 saturated heterocycles. The highest BCUT2D eigenvalue weighted by atomic mass is 16.5. The predicted octanol–water partition coefficient (Wildman–Crippen LogP) is 1.93. The molecular weight excluding hydrogens is 216 g/mol. The Bertz CT molecular complexity index is 345. The van der Waals surface area contributed by atoms with Crippen LogP contribution in [0.2, 0.25) is 0 Å². The maximum Gasteiger partial charge on any atom is 0.339 e. The summed E-state index contributed by atoms with van der Waals surface area (Å²) in [6, 6.07) is 4.38. The monoisotopic (exact) mass is 236 g/mol. The number of nitrogens with one attached hydrogen (secondary N) is 1. The van der Waals surface area contributed by atoms with E-state index < -0.39 is 0 Å². The van der Waals surface area contributed by atoms with Crippen LogP contribution in [0.1, 0.15) is 36.3 Å². The van der Waals surface area contributed by atoms with Crippen molar-refractivity contribution in [3.63, 3.8) is 0 Å². The van der Waals surface area contributed by atoms with Gasteiger partial charge in [-0.1, -0.05) is 6.92 Å². The van der Waals surface area contributed by atoms with Crippen molar-refractivity contribution in [2.45, 2.75) is 33.2 Å². The van der Waals surface area contributed by atoms with E-state index >= 15 is 0 Å². The van der Waals surface area contributed by atoms with Crippen molar-refractivity contribution in [2.75, 3.05) is 13.2 Å². The van der Waals surface area contributed by atoms with Gasteiger partial charge in [-0.05, 0) is 32.4 Å². The number of nitrogens with zero attached hydrogens (tertiary/aromatic N) is 1. The van der Waals surface area contributed by atoms with E-state index in [9.17, 15) is 4.79 Å². The molecule has 0 radical (unpaired) electrons. The average molecular weight is 236 g/mol. The smallest absolute Gasteiger partial charge is 0.339 e. The second-order valence-corrected chi connectivity index (χ2v) is 3.92. The number of aromatic nitrogens is 1.